The van der Waals surface area contributed by atoms with Crippen LogP contribution in [0, 0.1) is 17.1 Å². The predicted octanol–water partition coefficient (Wildman–Crippen LogP) is 3.43. The van der Waals surface area contributed by atoms with Crippen LogP contribution in [0.1, 0.15) is 49.2 Å². The summed E-state index contributed by atoms with van der Waals surface area (Å²) in [4.78, 5) is 18.8. The van der Waals surface area contributed by atoms with E-state index < -0.39 is 17.4 Å². The predicted molar refractivity (Wildman–Crippen MR) is 108 cm³/mol. The number of nitrogens with zero attached hydrogens (tertiary/aromatic N) is 5. The number of ether oxygens (including phenoxy) is 1. The largest absolute Gasteiger partial charge is 0.508 e. The highest BCUT2D eigenvalue weighted by molar-refractivity contribution is 5.96. The molecule has 30 heavy (non-hydrogen) atoms. The van der Waals surface area contributed by atoms with Crippen LogP contribution in [0.15, 0.2) is 30.6 Å². The van der Waals surface area contributed by atoms with Crippen LogP contribution in [0.2, 0.25) is 0 Å². The molecule has 0 fully saturated rings. The number of esters is 1. The number of hydrogen-bond acceptors (Lipinski definition) is 7. The van der Waals surface area contributed by atoms with E-state index in [2.05, 4.69) is 10.1 Å². The van der Waals surface area contributed by atoms with Crippen molar-refractivity contribution < 1.29 is 19.0 Å². The van der Waals surface area contributed by atoms with E-state index in [0.717, 1.165) is 6.07 Å². The molecule has 0 atom stereocenters. The lowest BCUT2D eigenvalue weighted by molar-refractivity contribution is 0.00715. The van der Waals surface area contributed by atoms with Crippen LogP contribution in [0.4, 0.5) is 10.2 Å². The van der Waals surface area contributed by atoms with E-state index in [1.165, 1.54) is 16.8 Å². The Morgan fingerprint density at radius 1 is 1.37 bits per heavy atom. The van der Waals surface area contributed by atoms with Crippen LogP contribution in [0.25, 0.3) is 5.65 Å². The van der Waals surface area contributed by atoms with E-state index in [1.54, 1.807) is 44.0 Å². The zero-order valence-corrected chi connectivity index (χ0v) is 17.2. The lowest BCUT2D eigenvalue weighted by Gasteiger charge is -2.23. The van der Waals surface area contributed by atoms with Gasteiger partial charge in [-0.2, -0.15) is 10.4 Å². The van der Waals surface area contributed by atoms with Crippen LogP contribution >= 0.6 is 0 Å². The number of phenols is 1. The third kappa shape index (κ3) is 4.17. The second-order valence-electron chi connectivity index (χ2n) is 7.66. The summed E-state index contributed by atoms with van der Waals surface area (Å²) in [6.45, 7) is 7.69. The molecule has 0 saturated heterocycles. The van der Waals surface area contributed by atoms with Gasteiger partial charge in [0, 0.05) is 24.8 Å². The van der Waals surface area contributed by atoms with Gasteiger partial charge in [0.2, 0.25) is 0 Å². The van der Waals surface area contributed by atoms with Crippen LogP contribution in [-0.2, 0) is 11.3 Å². The first kappa shape index (κ1) is 21.0. The molecule has 0 unspecified atom stereocenters. The molecule has 3 rings (SSSR count). The van der Waals surface area contributed by atoms with Gasteiger partial charge in [-0.15, -0.1) is 0 Å². The van der Waals surface area contributed by atoms with Crippen molar-refractivity contribution in [1.29, 1.82) is 5.26 Å². The molecule has 0 radical (unpaired) electrons. The lowest BCUT2D eigenvalue weighted by atomic mass is 10.1. The van der Waals surface area contributed by atoms with Crippen molar-refractivity contribution in [2.45, 2.75) is 39.8 Å². The minimum absolute atomic E-state index is 0.0576. The smallest absolute Gasteiger partial charge is 0.344 e. The first-order valence-corrected chi connectivity index (χ1v) is 9.37. The topological polar surface area (TPSA) is 104 Å². The van der Waals surface area contributed by atoms with Crippen molar-refractivity contribution >= 4 is 17.4 Å². The molecule has 9 heteroatoms. The fourth-order valence-corrected chi connectivity index (χ4v) is 2.95. The van der Waals surface area contributed by atoms with Gasteiger partial charge in [0.1, 0.15) is 34.6 Å². The summed E-state index contributed by atoms with van der Waals surface area (Å²) in [5.74, 6) is -0.943. The quantitative estimate of drug-likeness (QED) is 0.642. The van der Waals surface area contributed by atoms with E-state index in [0.29, 0.717) is 18.0 Å². The Bertz CT molecular complexity index is 1140. The summed E-state index contributed by atoms with van der Waals surface area (Å²) in [7, 11) is 0. The number of phenolic OH excluding ortho intramolecular Hbond substituents is 1. The van der Waals surface area contributed by atoms with Crippen LogP contribution < -0.4 is 4.90 Å². The standard InChI is InChI=1S/C21H22FN5O3/c1-5-26(12-15-13(10-23)16(22)6-7-17(15)28)18-8-9-27-19(25-18)14(11-24-27)20(29)30-21(2,3)4/h6-9,11,28H,5,12H2,1-4H3. The normalized spacial score (nSPS) is 11.3. The van der Waals surface area contributed by atoms with Crippen molar-refractivity contribution in [3.63, 3.8) is 0 Å². The number of nitriles is 1. The van der Waals surface area contributed by atoms with Gasteiger partial charge in [-0.1, -0.05) is 0 Å². The number of hydrogen-bond donors (Lipinski definition) is 1. The molecular weight excluding hydrogens is 389 g/mol. The van der Waals surface area contributed by atoms with Gasteiger partial charge in [0.25, 0.3) is 0 Å². The molecule has 0 aliphatic rings. The molecule has 0 aliphatic heterocycles. The summed E-state index contributed by atoms with van der Waals surface area (Å²) < 4.78 is 20.9. The molecule has 0 amide bonds. The van der Waals surface area contributed by atoms with Crippen molar-refractivity contribution in [1.82, 2.24) is 14.6 Å². The van der Waals surface area contributed by atoms with Crippen LogP contribution in [-0.4, -0.2) is 37.8 Å². The highest BCUT2D eigenvalue weighted by Crippen LogP contribution is 2.27. The third-order valence-electron chi connectivity index (χ3n) is 4.38. The van der Waals surface area contributed by atoms with Gasteiger partial charge in [-0.3, -0.25) is 0 Å². The minimum Gasteiger partial charge on any atom is -0.508 e. The Hall–Kier alpha value is -3.67. The number of aromatic nitrogens is 3. The van der Waals surface area contributed by atoms with Crippen LogP contribution in [0.5, 0.6) is 5.75 Å². The highest BCUT2D eigenvalue weighted by Gasteiger charge is 2.23. The van der Waals surface area contributed by atoms with Gasteiger partial charge in [0.15, 0.2) is 5.65 Å². The fourth-order valence-electron chi connectivity index (χ4n) is 2.95. The molecule has 0 saturated carbocycles. The van der Waals surface area contributed by atoms with E-state index >= 15 is 0 Å². The molecule has 3 aromatic rings. The number of rotatable bonds is 5. The lowest BCUT2D eigenvalue weighted by Crippen LogP contribution is -2.25. The highest BCUT2D eigenvalue weighted by atomic mass is 19.1. The molecule has 0 bridgehead atoms. The molecule has 2 aromatic heterocycles. The number of aromatic hydroxyl groups is 1. The molecular formula is C21H22FN5O3. The van der Waals surface area contributed by atoms with Crippen molar-refractivity contribution in [2.75, 3.05) is 11.4 Å². The van der Waals surface area contributed by atoms with E-state index in [4.69, 9.17) is 4.74 Å². The second-order valence-corrected chi connectivity index (χ2v) is 7.66. The summed E-state index contributed by atoms with van der Waals surface area (Å²) in [5, 5.41) is 23.6. The molecule has 0 aliphatic carbocycles. The summed E-state index contributed by atoms with van der Waals surface area (Å²) in [5.41, 5.74) is -0.186. The number of halogens is 1. The van der Waals surface area contributed by atoms with Crippen molar-refractivity contribution in [2.24, 2.45) is 0 Å². The SMILES string of the molecule is CCN(Cc1c(O)ccc(F)c1C#N)c1ccn2ncc(C(=O)OC(C)(C)C)c2n1. The van der Waals surface area contributed by atoms with Gasteiger partial charge >= 0.3 is 5.97 Å². The number of anilines is 1. The Balaban J connectivity index is 2.00. The maximum Gasteiger partial charge on any atom is 0.344 e. The number of carbonyl (C=O) groups is 1. The molecule has 0 spiro atoms. The first-order chi connectivity index (χ1) is 14.1. The van der Waals surface area contributed by atoms with Gasteiger partial charge in [-0.25, -0.2) is 18.7 Å². The van der Waals surface area contributed by atoms with Crippen molar-refractivity contribution in [3.8, 4) is 11.8 Å². The van der Waals surface area contributed by atoms with Gasteiger partial charge in [0.05, 0.1) is 11.8 Å². The van der Waals surface area contributed by atoms with E-state index in [-0.39, 0.29) is 29.0 Å². The Kier molecular flexibility index (Phi) is 5.60. The molecule has 1 N–H and O–H groups in total. The number of carbonyl (C=O) groups excluding carboxylic acids is 1. The van der Waals surface area contributed by atoms with Crippen LogP contribution in [0.3, 0.4) is 0 Å². The average Bonchev–Trinajstić information content (AvgIpc) is 3.10. The van der Waals surface area contributed by atoms with E-state index in [1.807, 2.05) is 6.92 Å². The van der Waals surface area contributed by atoms with E-state index in [9.17, 15) is 19.6 Å². The Labute approximate surface area is 173 Å². The minimum atomic E-state index is -0.701. The Morgan fingerprint density at radius 3 is 2.73 bits per heavy atom. The summed E-state index contributed by atoms with van der Waals surface area (Å²) in [6, 6.07) is 5.75. The number of benzene rings is 1. The van der Waals surface area contributed by atoms with Gasteiger partial charge < -0.3 is 14.7 Å². The first-order valence-electron chi connectivity index (χ1n) is 9.37. The zero-order valence-electron chi connectivity index (χ0n) is 17.2. The second kappa shape index (κ2) is 7.99. The maximum atomic E-state index is 14.0. The molecule has 8 nitrogen and oxygen atoms in total. The maximum absolute atomic E-state index is 14.0. The molecule has 2 heterocycles. The number of fused-ring (bicyclic) bond motifs is 1. The van der Waals surface area contributed by atoms with Crippen molar-refractivity contribution in [3.05, 3.63) is 53.1 Å². The van der Waals surface area contributed by atoms with Gasteiger partial charge in [-0.05, 0) is 45.9 Å². The summed E-state index contributed by atoms with van der Waals surface area (Å²) >= 11 is 0. The summed E-state index contributed by atoms with van der Waals surface area (Å²) in [6.07, 6.45) is 3.04. The zero-order chi connectivity index (χ0) is 22.1. The monoisotopic (exact) mass is 411 g/mol. The average molecular weight is 411 g/mol. The molecule has 156 valence electrons. The Morgan fingerprint density at radius 2 is 2.10 bits per heavy atom. The third-order valence-corrected chi connectivity index (χ3v) is 4.38. The fraction of sp³-hybridized carbons (Fsp3) is 0.333. The molecule has 1 aromatic carbocycles.